The highest BCUT2D eigenvalue weighted by Gasteiger charge is 2.35. The highest BCUT2D eigenvalue weighted by Crippen LogP contribution is 2.39. The van der Waals surface area contributed by atoms with E-state index >= 15 is 0 Å². The summed E-state index contributed by atoms with van der Waals surface area (Å²) >= 11 is 3.54. The van der Waals surface area contributed by atoms with Crippen molar-refractivity contribution in [2.45, 2.75) is 52.0 Å². The largest absolute Gasteiger partial charge is 0.354 e. The molecule has 1 aliphatic rings. The molecule has 7 heteroatoms. The molecule has 1 N–H and O–H groups in total. The van der Waals surface area contributed by atoms with E-state index < -0.39 is 0 Å². The average Bonchev–Trinajstić information content (AvgIpc) is 3.21. The average molecular weight is 442 g/mol. The molecule has 0 spiro atoms. The fourth-order valence-electron chi connectivity index (χ4n) is 3.75. The first-order valence-corrected chi connectivity index (χ1v) is 10.7. The first-order valence-electron chi connectivity index (χ1n) is 9.90. The van der Waals surface area contributed by atoms with Gasteiger partial charge in [0.1, 0.15) is 0 Å². The number of nitrogens with one attached hydrogen (secondary N) is 1. The number of rotatable bonds is 7. The lowest BCUT2D eigenvalue weighted by molar-refractivity contribution is -0.118. The van der Waals surface area contributed by atoms with E-state index in [9.17, 15) is 4.79 Å². The number of aromatic nitrogens is 4. The fourth-order valence-corrected chi connectivity index (χ4v) is 4.13. The Hall–Kier alpha value is -2.28. The van der Waals surface area contributed by atoms with Gasteiger partial charge in [0.05, 0.1) is 17.0 Å². The summed E-state index contributed by atoms with van der Waals surface area (Å²) in [7, 11) is 0. The summed E-state index contributed by atoms with van der Waals surface area (Å²) < 4.78 is 2.87. The van der Waals surface area contributed by atoms with Gasteiger partial charge in [-0.05, 0) is 36.1 Å². The van der Waals surface area contributed by atoms with Crippen molar-refractivity contribution >= 4 is 38.7 Å². The SMILES string of the molecule is CCCCNc1nc(C2C(=O)Cc3ccc(Br)cc32)c2cn(CCC)nc2n1. The third-order valence-corrected chi connectivity index (χ3v) is 5.59. The predicted molar refractivity (Wildman–Crippen MR) is 114 cm³/mol. The van der Waals surface area contributed by atoms with Crippen LogP contribution in [0.15, 0.2) is 28.9 Å². The van der Waals surface area contributed by atoms with Gasteiger partial charge in [-0.15, -0.1) is 0 Å². The van der Waals surface area contributed by atoms with Crippen LogP contribution in [0.2, 0.25) is 0 Å². The van der Waals surface area contributed by atoms with Crippen molar-refractivity contribution in [2.75, 3.05) is 11.9 Å². The van der Waals surface area contributed by atoms with Crippen LogP contribution in [0.25, 0.3) is 11.0 Å². The number of fused-ring (bicyclic) bond motifs is 2. The van der Waals surface area contributed by atoms with E-state index in [0.717, 1.165) is 59.0 Å². The van der Waals surface area contributed by atoms with Gasteiger partial charge in [-0.2, -0.15) is 10.1 Å². The lowest BCUT2D eigenvalue weighted by atomic mass is 9.95. The summed E-state index contributed by atoms with van der Waals surface area (Å²) in [6.07, 6.45) is 5.54. The van der Waals surface area contributed by atoms with Gasteiger partial charge in [0, 0.05) is 30.2 Å². The Morgan fingerprint density at radius 1 is 1.25 bits per heavy atom. The van der Waals surface area contributed by atoms with Gasteiger partial charge in [0.2, 0.25) is 5.95 Å². The summed E-state index contributed by atoms with van der Waals surface area (Å²) in [5.74, 6) is 0.355. The summed E-state index contributed by atoms with van der Waals surface area (Å²) in [5.41, 5.74) is 3.51. The quantitative estimate of drug-likeness (QED) is 0.547. The number of unbranched alkanes of at least 4 members (excludes halogenated alkanes) is 1. The van der Waals surface area contributed by atoms with Crippen molar-refractivity contribution < 1.29 is 4.79 Å². The normalized spacial score (nSPS) is 16.0. The minimum absolute atomic E-state index is 0.177. The van der Waals surface area contributed by atoms with E-state index in [-0.39, 0.29) is 11.7 Å². The Morgan fingerprint density at radius 2 is 2.11 bits per heavy atom. The molecule has 0 fully saturated rings. The molecule has 0 radical (unpaired) electrons. The molecule has 2 aromatic heterocycles. The van der Waals surface area contributed by atoms with Crippen LogP contribution in [0, 0.1) is 0 Å². The number of carbonyl (C=O) groups excluding carboxylic acids is 1. The van der Waals surface area contributed by atoms with Crippen molar-refractivity contribution in [1.29, 1.82) is 0 Å². The van der Waals surface area contributed by atoms with Gasteiger partial charge >= 0.3 is 0 Å². The highest BCUT2D eigenvalue weighted by molar-refractivity contribution is 9.10. The number of benzene rings is 1. The van der Waals surface area contributed by atoms with Gasteiger partial charge in [-0.3, -0.25) is 9.48 Å². The number of ketones is 1. The number of hydrogen-bond acceptors (Lipinski definition) is 5. The number of aryl methyl sites for hydroxylation is 1. The lowest BCUT2D eigenvalue weighted by Gasteiger charge is -2.13. The van der Waals surface area contributed by atoms with Crippen LogP contribution in [0.3, 0.4) is 0 Å². The summed E-state index contributed by atoms with van der Waals surface area (Å²) in [5, 5.41) is 8.79. The second-order valence-corrected chi connectivity index (χ2v) is 8.18. The third-order valence-electron chi connectivity index (χ3n) is 5.10. The molecule has 1 aliphatic carbocycles. The summed E-state index contributed by atoms with van der Waals surface area (Å²) in [6.45, 7) is 5.88. The van der Waals surface area contributed by atoms with Crippen molar-refractivity contribution in [3.05, 3.63) is 45.7 Å². The molecule has 0 saturated carbocycles. The molecule has 0 bridgehead atoms. The molecular formula is C21H24BrN5O. The fraction of sp³-hybridized carbons (Fsp3) is 0.429. The van der Waals surface area contributed by atoms with Crippen LogP contribution in [-0.4, -0.2) is 32.1 Å². The van der Waals surface area contributed by atoms with E-state index in [1.54, 1.807) is 0 Å². The second kappa shape index (κ2) is 7.99. The van der Waals surface area contributed by atoms with Crippen molar-refractivity contribution in [1.82, 2.24) is 19.7 Å². The molecule has 1 aromatic carbocycles. The topological polar surface area (TPSA) is 72.7 Å². The molecule has 28 heavy (non-hydrogen) atoms. The van der Waals surface area contributed by atoms with Gasteiger partial charge < -0.3 is 5.32 Å². The third kappa shape index (κ3) is 3.55. The molecule has 4 rings (SSSR count). The van der Waals surface area contributed by atoms with Crippen LogP contribution in [0.5, 0.6) is 0 Å². The lowest BCUT2D eigenvalue weighted by Crippen LogP contribution is -2.13. The Kier molecular flexibility index (Phi) is 5.44. The molecule has 0 aliphatic heterocycles. The van der Waals surface area contributed by atoms with Crippen LogP contribution in [0.4, 0.5) is 5.95 Å². The number of nitrogens with zero attached hydrogens (tertiary/aromatic N) is 4. The molecule has 1 atom stereocenters. The maximum absolute atomic E-state index is 13.0. The Morgan fingerprint density at radius 3 is 2.89 bits per heavy atom. The molecule has 0 amide bonds. The smallest absolute Gasteiger partial charge is 0.225 e. The van der Waals surface area contributed by atoms with Crippen molar-refractivity contribution in [3.8, 4) is 0 Å². The molecule has 0 saturated heterocycles. The zero-order chi connectivity index (χ0) is 19.7. The highest BCUT2D eigenvalue weighted by atomic mass is 79.9. The minimum Gasteiger partial charge on any atom is -0.354 e. The molecular weight excluding hydrogens is 418 g/mol. The van der Waals surface area contributed by atoms with Gasteiger partial charge in [-0.1, -0.05) is 42.3 Å². The number of hydrogen-bond donors (Lipinski definition) is 1. The monoisotopic (exact) mass is 441 g/mol. The van der Waals surface area contributed by atoms with Crippen molar-refractivity contribution in [2.24, 2.45) is 0 Å². The van der Waals surface area contributed by atoms with Gasteiger partial charge in [-0.25, -0.2) is 4.98 Å². The summed E-state index contributed by atoms with van der Waals surface area (Å²) in [6, 6.07) is 6.05. The standard InChI is InChI=1S/C21H24BrN5O/c1-3-5-8-23-21-24-19(16-12-27(9-4-2)26-20(16)25-21)18-15-11-14(22)7-6-13(15)10-17(18)28/h6-7,11-12,18H,3-5,8-10H2,1-2H3,(H,23,25,26). The Balaban J connectivity index is 1.84. The van der Waals surface area contributed by atoms with Crippen molar-refractivity contribution in [3.63, 3.8) is 0 Å². The van der Waals surface area contributed by atoms with E-state index in [1.807, 2.05) is 29.1 Å². The van der Waals surface area contributed by atoms with E-state index in [1.165, 1.54) is 0 Å². The second-order valence-electron chi connectivity index (χ2n) is 7.26. The molecule has 6 nitrogen and oxygen atoms in total. The number of anilines is 1. The molecule has 146 valence electrons. The van der Waals surface area contributed by atoms with E-state index in [4.69, 9.17) is 4.98 Å². The first kappa shape index (κ1) is 19.1. The molecule has 3 aromatic rings. The minimum atomic E-state index is -0.371. The zero-order valence-electron chi connectivity index (χ0n) is 16.2. The number of carbonyl (C=O) groups is 1. The van der Waals surface area contributed by atoms with Crippen LogP contribution < -0.4 is 5.32 Å². The van der Waals surface area contributed by atoms with Crippen LogP contribution in [0.1, 0.15) is 55.8 Å². The molecule has 1 unspecified atom stereocenters. The van der Waals surface area contributed by atoms with Crippen LogP contribution in [-0.2, 0) is 17.8 Å². The zero-order valence-corrected chi connectivity index (χ0v) is 17.8. The summed E-state index contributed by atoms with van der Waals surface area (Å²) in [4.78, 5) is 22.4. The number of Topliss-reactive ketones (excluding diaryl/α,β-unsaturated/α-hetero) is 1. The Bertz CT molecular complexity index is 1030. The van der Waals surface area contributed by atoms with E-state index in [2.05, 4.69) is 45.2 Å². The first-order chi connectivity index (χ1) is 13.6. The maximum atomic E-state index is 13.0. The number of halogens is 1. The maximum Gasteiger partial charge on any atom is 0.225 e. The van der Waals surface area contributed by atoms with Gasteiger partial charge in [0.25, 0.3) is 0 Å². The van der Waals surface area contributed by atoms with E-state index in [0.29, 0.717) is 18.0 Å². The van der Waals surface area contributed by atoms with Crippen LogP contribution >= 0.6 is 15.9 Å². The molecule has 2 heterocycles. The van der Waals surface area contributed by atoms with Gasteiger partial charge in [0.15, 0.2) is 11.4 Å². The predicted octanol–water partition coefficient (Wildman–Crippen LogP) is 4.47. The Labute approximate surface area is 172 Å².